The Hall–Kier alpha value is -1.76. The number of aromatic nitrogens is 1. The molecule has 3 nitrogen and oxygen atoms in total. The molecule has 0 spiro atoms. The van der Waals surface area contributed by atoms with Crippen molar-refractivity contribution in [1.29, 1.82) is 0 Å². The lowest BCUT2D eigenvalue weighted by Gasteiger charge is -2.37. The number of rotatable bonds is 4. The number of methoxy groups -OCH3 is 1. The second-order valence-corrected chi connectivity index (χ2v) is 8.79. The van der Waals surface area contributed by atoms with Gasteiger partial charge >= 0.3 is 0 Å². The number of benzene rings is 2. The van der Waals surface area contributed by atoms with E-state index in [1.165, 1.54) is 17.3 Å². The zero-order valence-corrected chi connectivity index (χ0v) is 17.8. The Morgan fingerprint density at radius 1 is 1.32 bits per heavy atom. The van der Waals surface area contributed by atoms with Gasteiger partial charge in [-0.3, -0.25) is 4.39 Å². The molecule has 1 aromatic heterocycles. The van der Waals surface area contributed by atoms with Crippen molar-refractivity contribution in [3.8, 4) is 5.75 Å². The SMILES string of the molecule is COc1ccc(C2c3[nH]c4ccc(Cl)cc4c3CCN2C(=S)SCCF)cc1. The summed E-state index contributed by atoms with van der Waals surface area (Å²) in [7, 11) is 1.66. The zero-order valence-electron chi connectivity index (χ0n) is 15.4. The predicted molar refractivity (Wildman–Crippen MR) is 120 cm³/mol. The standard InChI is InChI=1S/C21H20ClFN2OS2/c1-26-15-5-2-13(3-6-15)20-19-16(8-10-25(20)21(27)28-11-9-23)17-12-14(22)4-7-18(17)24-19/h2-7,12,20,24H,8-11H2,1H3. The van der Waals surface area contributed by atoms with Crippen LogP contribution in [-0.2, 0) is 6.42 Å². The zero-order chi connectivity index (χ0) is 19.7. The van der Waals surface area contributed by atoms with Crippen LogP contribution in [0, 0.1) is 0 Å². The first-order valence-corrected chi connectivity index (χ1v) is 10.8. The fourth-order valence-electron chi connectivity index (χ4n) is 3.80. The fraction of sp³-hybridized carbons (Fsp3) is 0.286. The summed E-state index contributed by atoms with van der Waals surface area (Å²) in [5.41, 5.74) is 4.57. The van der Waals surface area contributed by atoms with Crippen molar-refractivity contribution in [2.75, 3.05) is 26.1 Å². The number of thioether (sulfide) groups is 1. The molecule has 146 valence electrons. The fourth-order valence-corrected chi connectivity index (χ4v) is 5.03. The van der Waals surface area contributed by atoms with Gasteiger partial charge in [-0.2, -0.15) is 0 Å². The second kappa shape index (κ2) is 8.31. The lowest BCUT2D eigenvalue weighted by atomic mass is 9.93. The Bertz CT molecular complexity index is 1010. The van der Waals surface area contributed by atoms with E-state index in [4.69, 9.17) is 28.6 Å². The third kappa shape index (κ3) is 3.61. The largest absolute Gasteiger partial charge is 0.497 e. The number of H-pyrrole nitrogens is 1. The molecule has 4 rings (SSSR count). The summed E-state index contributed by atoms with van der Waals surface area (Å²) in [5.74, 6) is 1.18. The van der Waals surface area contributed by atoms with E-state index in [0.29, 0.717) is 5.75 Å². The highest BCUT2D eigenvalue weighted by Crippen LogP contribution is 2.40. The van der Waals surface area contributed by atoms with Crippen LogP contribution in [0.25, 0.3) is 10.9 Å². The predicted octanol–water partition coefficient (Wildman–Crippen LogP) is 5.77. The number of nitrogens with one attached hydrogen (secondary N) is 1. The quantitative estimate of drug-likeness (QED) is 0.528. The van der Waals surface area contributed by atoms with Crippen molar-refractivity contribution in [2.24, 2.45) is 0 Å². The van der Waals surface area contributed by atoms with Gasteiger partial charge in [0.05, 0.1) is 19.8 Å². The first-order valence-electron chi connectivity index (χ1n) is 9.05. The second-order valence-electron chi connectivity index (χ2n) is 6.63. The molecular formula is C21H20ClFN2OS2. The lowest BCUT2D eigenvalue weighted by Crippen LogP contribution is -2.38. The molecule has 28 heavy (non-hydrogen) atoms. The summed E-state index contributed by atoms with van der Waals surface area (Å²) in [4.78, 5) is 5.78. The molecule has 0 aliphatic carbocycles. The minimum absolute atomic E-state index is 0.0551. The van der Waals surface area contributed by atoms with Gasteiger partial charge in [-0.05, 0) is 47.9 Å². The number of alkyl halides is 1. The van der Waals surface area contributed by atoms with E-state index in [1.54, 1.807) is 7.11 Å². The van der Waals surface area contributed by atoms with E-state index >= 15 is 0 Å². The van der Waals surface area contributed by atoms with Crippen LogP contribution >= 0.6 is 35.6 Å². The molecule has 7 heteroatoms. The Morgan fingerprint density at radius 2 is 2.11 bits per heavy atom. The Balaban J connectivity index is 1.82. The molecule has 2 aromatic carbocycles. The number of fused-ring (bicyclic) bond motifs is 3. The van der Waals surface area contributed by atoms with Gasteiger partial charge in [0, 0.05) is 33.9 Å². The van der Waals surface area contributed by atoms with E-state index in [0.717, 1.165) is 50.2 Å². The van der Waals surface area contributed by atoms with Crippen LogP contribution in [0.2, 0.25) is 5.02 Å². The van der Waals surface area contributed by atoms with Gasteiger partial charge < -0.3 is 14.6 Å². The van der Waals surface area contributed by atoms with Crippen molar-refractivity contribution in [3.05, 3.63) is 64.3 Å². The van der Waals surface area contributed by atoms with E-state index < -0.39 is 0 Å². The molecule has 0 fully saturated rings. The molecule has 3 aromatic rings. The summed E-state index contributed by atoms with van der Waals surface area (Å²) >= 11 is 13.3. The van der Waals surface area contributed by atoms with Crippen LogP contribution in [0.1, 0.15) is 22.9 Å². The molecule has 2 heterocycles. The van der Waals surface area contributed by atoms with Crippen LogP contribution in [0.5, 0.6) is 5.75 Å². The minimum atomic E-state index is -0.387. The third-order valence-electron chi connectivity index (χ3n) is 5.06. The van der Waals surface area contributed by atoms with Crippen molar-refractivity contribution in [3.63, 3.8) is 0 Å². The van der Waals surface area contributed by atoms with Crippen molar-refractivity contribution < 1.29 is 9.13 Å². The molecule has 0 radical (unpaired) electrons. The molecule has 0 saturated carbocycles. The maximum absolute atomic E-state index is 12.7. The number of aromatic amines is 1. The number of hydrogen-bond donors (Lipinski definition) is 1. The van der Waals surface area contributed by atoms with Crippen LogP contribution in [0.4, 0.5) is 4.39 Å². The van der Waals surface area contributed by atoms with E-state index in [2.05, 4.69) is 22.0 Å². The van der Waals surface area contributed by atoms with Gasteiger partial charge in [0.15, 0.2) is 0 Å². The summed E-state index contributed by atoms with van der Waals surface area (Å²) in [5, 5.41) is 1.88. The number of nitrogens with zero attached hydrogens (tertiary/aromatic N) is 1. The van der Waals surface area contributed by atoms with Gasteiger partial charge in [0.25, 0.3) is 0 Å². The number of ether oxygens (including phenoxy) is 1. The Labute approximate surface area is 178 Å². The molecule has 1 N–H and O–H groups in total. The average Bonchev–Trinajstić information content (AvgIpc) is 3.09. The number of thiocarbonyl (C=S) groups is 1. The highest BCUT2D eigenvalue weighted by Gasteiger charge is 2.33. The maximum Gasteiger partial charge on any atom is 0.137 e. The molecule has 1 atom stereocenters. The third-order valence-corrected chi connectivity index (χ3v) is 6.72. The first kappa shape index (κ1) is 19.6. The number of hydrogen-bond acceptors (Lipinski definition) is 3. The molecule has 0 amide bonds. The van der Waals surface area contributed by atoms with Gasteiger partial charge in [-0.15, -0.1) is 0 Å². The molecular weight excluding hydrogens is 415 g/mol. The van der Waals surface area contributed by atoms with E-state index in [1.807, 2.05) is 30.3 Å². The topological polar surface area (TPSA) is 28.3 Å². The maximum atomic E-state index is 12.7. The first-order chi connectivity index (χ1) is 13.6. The van der Waals surface area contributed by atoms with Crippen LogP contribution in [0.3, 0.4) is 0 Å². The molecule has 0 bridgehead atoms. The Kier molecular flexibility index (Phi) is 5.80. The smallest absolute Gasteiger partial charge is 0.137 e. The number of halogens is 2. The summed E-state index contributed by atoms with van der Waals surface area (Å²) in [6, 6.07) is 13.9. The van der Waals surface area contributed by atoms with Crippen LogP contribution in [0.15, 0.2) is 42.5 Å². The van der Waals surface area contributed by atoms with Crippen LogP contribution in [-0.4, -0.2) is 40.3 Å². The molecule has 1 aliphatic rings. The lowest BCUT2D eigenvalue weighted by molar-refractivity contribution is 0.345. The summed E-state index contributed by atoms with van der Waals surface area (Å²) in [6.07, 6.45) is 0.860. The molecule has 1 unspecified atom stereocenters. The van der Waals surface area contributed by atoms with Gasteiger partial charge in [0.2, 0.25) is 0 Å². The van der Waals surface area contributed by atoms with E-state index in [-0.39, 0.29) is 12.7 Å². The van der Waals surface area contributed by atoms with Gasteiger partial charge in [-0.25, -0.2) is 0 Å². The van der Waals surface area contributed by atoms with Crippen molar-refractivity contribution >= 4 is 50.8 Å². The normalized spacial score (nSPS) is 16.2. The highest BCUT2D eigenvalue weighted by molar-refractivity contribution is 8.22. The molecule has 1 aliphatic heterocycles. The van der Waals surface area contributed by atoms with E-state index in [9.17, 15) is 4.39 Å². The summed E-state index contributed by atoms with van der Waals surface area (Å²) < 4.78 is 18.7. The summed E-state index contributed by atoms with van der Waals surface area (Å²) in [6.45, 7) is 0.392. The monoisotopic (exact) mass is 434 g/mol. The Morgan fingerprint density at radius 3 is 2.82 bits per heavy atom. The minimum Gasteiger partial charge on any atom is -0.497 e. The average molecular weight is 435 g/mol. The van der Waals surface area contributed by atoms with Crippen molar-refractivity contribution in [2.45, 2.75) is 12.5 Å². The van der Waals surface area contributed by atoms with Gasteiger partial charge in [-0.1, -0.05) is 47.7 Å². The molecule has 0 saturated heterocycles. The highest BCUT2D eigenvalue weighted by atomic mass is 35.5. The van der Waals surface area contributed by atoms with Crippen molar-refractivity contribution in [1.82, 2.24) is 9.88 Å². The van der Waals surface area contributed by atoms with Gasteiger partial charge in [0.1, 0.15) is 10.1 Å². The van der Waals surface area contributed by atoms with Crippen LogP contribution < -0.4 is 4.74 Å².